The zero-order valence-corrected chi connectivity index (χ0v) is 16.6. The van der Waals surface area contributed by atoms with Crippen LogP contribution in [0.2, 0.25) is 5.02 Å². The summed E-state index contributed by atoms with van der Waals surface area (Å²) in [5.74, 6) is -2.34. The van der Waals surface area contributed by atoms with E-state index in [1.807, 2.05) is 0 Å². The molecule has 8 nitrogen and oxygen atoms in total. The van der Waals surface area contributed by atoms with Crippen LogP contribution in [0.25, 0.3) is 5.76 Å². The number of hydrogen-bond acceptors (Lipinski definition) is 7. The van der Waals surface area contributed by atoms with Crippen LogP contribution < -0.4 is 4.90 Å². The molecule has 1 amide bonds. The second kappa shape index (κ2) is 7.69. The lowest BCUT2D eigenvalue weighted by Crippen LogP contribution is -2.29. The van der Waals surface area contributed by atoms with Crippen LogP contribution in [0.1, 0.15) is 17.2 Å². The van der Waals surface area contributed by atoms with E-state index >= 15 is 0 Å². The Bertz CT molecular complexity index is 1190. The van der Waals surface area contributed by atoms with Crippen LogP contribution in [0.5, 0.6) is 0 Å². The van der Waals surface area contributed by atoms with E-state index in [2.05, 4.69) is 4.98 Å². The number of nitro groups is 1. The SMILES string of the molecule is O=C1C(=O)N(c2nccs2)C(c2ccccc2[N+](=O)[O-])C1=C(O)c1ccc(Cl)cc1. The molecule has 4 rings (SSSR count). The van der Waals surface area contributed by atoms with Crippen molar-refractivity contribution in [3.8, 4) is 0 Å². The number of ketones is 1. The summed E-state index contributed by atoms with van der Waals surface area (Å²) < 4.78 is 0. The van der Waals surface area contributed by atoms with Crippen LogP contribution >= 0.6 is 22.9 Å². The third kappa shape index (κ3) is 3.23. The number of para-hydroxylation sites is 1. The molecule has 1 aliphatic heterocycles. The maximum Gasteiger partial charge on any atom is 0.301 e. The Kier molecular flexibility index (Phi) is 5.06. The number of Topliss-reactive ketones (excluding diaryl/α,β-unsaturated/α-hetero) is 1. The number of anilines is 1. The number of aliphatic hydroxyl groups excluding tert-OH is 1. The van der Waals surface area contributed by atoms with Crippen molar-refractivity contribution in [3.05, 3.63) is 91.9 Å². The number of carbonyl (C=O) groups excluding carboxylic acids is 2. The van der Waals surface area contributed by atoms with Crippen molar-refractivity contribution in [1.29, 1.82) is 0 Å². The minimum atomic E-state index is -1.21. The van der Waals surface area contributed by atoms with Crippen LogP contribution in [0, 0.1) is 10.1 Å². The number of halogens is 1. The van der Waals surface area contributed by atoms with Crippen LogP contribution in [0.4, 0.5) is 10.8 Å². The fraction of sp³-hybridized carbons (Fsp3) is 0.0500. The van der Waals surface area contributed by atoms with Gasteiger partial charge in [-0.3, -0.25) is 24.6 Å². The molecule has 1 aromatic heterocycles. The van der Waals surface area contributed by atoms with Gasteiger partial charge in [0.2, 0.25) is 0 Å². The number of rotatable bonds is 4. The van der Waals surface area contributed by atoms with Crippen LogP contribution in [-0.2, 0) is 9.59 Å². The van der Waals surface area contributed by atoms with Crippen LogP contribution in [-0.4, -0.2) is 26.7 Å². The minimum Gasteiger partial charge on any atom is -0.507 e. The predicted molar refractivity (Wildman–Crippen MR) is 111 cm³/mol. The molecule has 2 aromatic carbocycles. The monoisotopic (exact) mass is 441 g/mol. The van der Waals surface area contributed by atoms with Gasteiger partial charge in [0.15, 0.2) is 5.13 Å². The fourth-order valence-electron chi connectivity index (χ4n) is 3.31. The zero-order valence-electron chi connectivity index (χ0n) is 15.1. The number of nitro benzene ring substituents is 1. The van der Waals surface area contributed by atoms with Crippen LogP contribution in [0.3, 0.4) is 0 Å². The molecule has 10 heteroatoms. The number of aliphatic hydroxyl groups is 1. The van der Waals surface area contributed by atoms with E-state index in [9.17, 15) is 24.8 Å². The van der Waals surface area contributed by atoms with Gasteiger partial charge in [-0.25, -0.2) is 4.98 Å². The summed E-state index contributed by atoms with van der Waals surface area (Å²) in [6.07, 6.45) is 1.45. The Labute approximate surface area is 178 Å². The van der Waals surface area contributed by atoms with E-state index in [-0.39, 0.29) is 27.5 Å². The number of carbonyl (C=O) groups is 2. The lowest BCUT2D eigenvalue weighted by Gasteiger charge is -2.22. The average molecular weight is 442 g/mol. The minimum absolute atomic E-state index is 0.0902. The molecule has 0 aliphatic carbocycles. The van der Waals surface area contributed by atoms with Gasteiger partial charge in [-0.15, -0.1) is 11.3 Å². The van der Waals surface area contributed by atoms with E-state index in [1.165, 1.54) is 48.7 Å². The highest BCUT2D eigenvalue weighted by Crippen LogP contribution is 2.45. The van der Waals surface area contributed by atoms with Crippen molar-refractivity contribution in [2.75, 3.05) is 4.90 Å². The van der Waals surface area contributed by atoms with Crippen molar-refractivity contribution in [1.82, 2.24) is 4.98 Å². The lowest BCUT2D eigenvalue weighted by atomic mass is 9.94. The van der Waals surface area contributed by atoms with Gasteiger partial charge in [-0.1, -0.05) is 23.7 Å². The highest BCUT2D eigenvalue weighted by molar-refractivity contribution is 7.14. The predicted octanol–water partition coefficient (Wildman–Crippen LogP) is 4.33. The first-order valence-corrected chi connectivity index (χ1v) is 9.85. The van der Waals surface area contributed by atoms with E-state index in [4.69, 9.17) is 11.6 Å². The highest BCUT2D eigenvalue weighted by Gasteiger charge is 2.49. The largest absolute Gasteiger partial charge is 0.507 e. The molecule has 0 bridgehead atoms. The first kappa shape index (κ1) is 19.7. The molecule has 0 saturated carbocycles. The highest BCUT2D eigenvalue weighted by atomic mass is 35.5. The topological polar surface area (TPSA) is 114 Å². The standard InChI is InChI=1S/C20H12ClN3O5S/c21-12-7-5-11(6-8-12)17(25)15-16(13-3-1-2-4-14(13)24(28)29)23(19(27)18(15)26)20-22-9-10-30-20/h1-10,16,25H. The normalized spacial score (nSPS) is 18.0. The first-order valence-electron chi connectivity index (χ1n) is 8.60. The second-order valence-corrected chi connectivity index (χ2v) is 7.62. The van der Waals surface area contributed by atoms with E-state index in [0.717, 1.165) is 16.2 Å². The van der Waals surface area contributed by atoms with Crippen molar-refractivity contribution >= 4 is 51.2 Å². The molecule has 3 aromatic rings. The number of aromatic nitrogens is 1. The summed E-state index contributed by atoms with van der Waals surface area (Å²) in [6, 6.07) is 10.6. The zero-order chi connectivity index (χ0) is 21.4. The van der Waals surface area contributed by atoms with Crippen molar-refractivity contribution in [2.45, 2.75) is 6.04 Å². The molecule has 1 saturated heterocycles. The molecule has 2 heterocycles. The Balaban J connectivity index is 2.00. The number of thiazole rings is 1. The Morgan fingerprint density at radius 3 is 2.50 bits per heavy atom. The molecule has 150 valence electrons. The number of hydrogen-bond donors (Lipinski definition) is 1. The third-order valence-electron chi connectivity index (χ3n) is 4.62. The summed E-state index contributed by atoms with van der Waals surface area (Å²) in [5.41, 5.74) is -0.202. The van der Waals surface area contributed by atoms with Gasteiger partial charge in [-0.05, 0) is 30.3 Å². The summed E-state index contributed by atoms with van der Waals surface area (Å²) in [6.45, 7) is 0. The number of benzene rings is 2. The lowest BCUT2D eigenvalue weighted by molar-refractivity contribution is -0.385. The van der Waals surface area contributed by atoms with Gasteiger partial charge in [0, 0.05) is 28.2 Å². The Morgan fingerprint density at radius 1 is 1.17 bits per heavy atom. The van der Waals surface area contributed by atoms with Crippen molar-refractivity contribution in [3.63, 3.8) is 0 Å². The number of amides is 1. The summed E-state index contributed by atoms with van der Waals surface area (Å²) >= 11 is 6.99. The molecule has 1 N–H and O–H groups in total. The van der Waals surface area contributed by atoms with E-state index in [1.54, 1.807) is 11.4 Å². The molecular weight excluding hydrogens is 430 g/mol. The summed E-state index contributed by atoms with van der Waals surface area (Å²) in [4.78, 5) is 42.0. The average Bonchev–Trinajstić information content (AvgIpc) is 3.35. The van der Waals surface area contributed by atoms with Gasteiger partial charge in [-0.2, -0.15) is 0 Å². The maximum absolute atomic E-state index is 12.9. The molecular formula is C20H12ClN3O5S. The van der Waals surface area contributed by atoms with Gasteiger partial charge < -0.3 is 5.11 Å². The first-order chi connectivity index (χ1) is 14.4. The Hall–Kier alpha value is -3.56. The quantitative estimate of drug-likeness (QED) is 0.212. The van der Waals surface area contributed by atoms with Gasteiger partial charge in [0.1, 0.15) is 11.8 Å². The molecule has 30 heavy (non-hydrogen) atoms. The van der Waals surface area contributed by atoms with E-state index in [0.29, 0.717) is 5.02 Å². The van der Waals surface area contributed by atoms with E-state index < -0.39 is 28.4 Å². The summed E-state index contributed by atoms with van der Waals surface area (Å²) in [7, 11) is 0. The third-order valence-corrected chi connectivity index (χ3v) is 5.64. The number of nitrogens with zero attached hydrogens (tertiary/aromatic N) is 3. The second-order valence-electron chi connectivity index (χ2n) is 6.31. The molecule has 0 spiro atoms. The molecule has 1 aliphatic rings. The molecule has 1 unspecified atom stereocenters. The smallest absolute Gasteiger partial charge is 0.301 e. The molecule has 1 fully saturated rings. The van der Waals surface area contributed by atoms with Gasteiger partial charge in [0.25, 0.3) is 11.5 Å². The summed E-state index contributed by atoms with van der Waals surface area (Å²) in [5, 5.41) is 24.8. The van der Waals surface area contributed by atoms with Gasteiger partial charge >= 0.3 is 5.91 Å². The van der Waals surface area contributed by atoms with Crippen molar-refractivity contribution < 1.29 is 19.6 Å². The van der Waals surface area contributed by atoms with Crippen molar-refractivity contribution in [2.24, 2.45) is 0 Å². The van der Waals surface area contributed by atoms with Gasteiger partial charge in [0.05, 0.1) is 16.1 Å². The maximum atomic E-state index is 12.9. The molecule has 1 atom stereocenters. The fourth-order valence-corrected chi connectivity index (χ4v) is 4.10. The molecule has 0 radical (unpaired) electrons. The Morgan fingerprint density at radius 2 is 1.87 bits per heavy atom. The van der Waals surface area contributed by atoms with Crippen LogP contribution in [0.15, 0.2) is 65.7 Å².